The number of hydrogen-bond donors (Lipinski definition) is 0. The van der Waals surface area contributed by atoms with Gasteiger partial charge in [-0.3, -0.25) is 0 Å². The van der Waals surface area contributed by atoms with Crippen LogP contribution in [0.25, 0.3) is 88.0 Å². The molecule has 0 amide bonds. The standard InChI is InChI=1S/C56H37NO/c1-3-19-38(20-4-1)42-25-11-14-34-51(42)57(52-35-15-12-26-43(52)39-21-5-2-6-22-39)53-36-16-13-27-44(53)40-23-17-24-41(37-40)45-32-18-33-50-54-48-30-9-7-28-46(48)47-29-8-10-31-49(47)56(54)58-55(45)50/h1-37H. The molecule has 1 aromatic heterocycles. The third-order valence-electron chi connectivity index (χ3n) is 11.5. The molecule has 0 aliphatic carbocycles. The summed E-state index contributed by atoms with van der Waals surface area (Å²) in [5.41, 5.74) is 14.2. The molecule has 0 unspecified atom stereocenters. The molecule has 2 heteroatoms. The molecular weight excluding hydrogens is 703 g/mol. The van der Waals surface area contributed by atoms with Gasteiger partial charge in [0.2, 0.25) is 0 Å². The Hall–Kier alpha value is -7.68. The lowest BCUT2D eigenvalue weighted by molar-refractivity contribution is 0.674. The monoisotopic (exact) mass is 739 g/mol. The Bertz CT molecular complexity index is 3210. The number of para-hydroxylation sites is 4. The van der Waals surface area contributed by atoms with Crippen LogP contribution in [0.2, 0.25) is 0 Å². The van der Waals surface area contributed by atoms with E-state index < -0.39 is 0 Å². The number of nitrogens with zero attached hydrogens (tertiary/aromatic N) is 1. The zero-order valence-corrected chi connectivity index (χ0v) is 31.7. The fourth-order valence-corrected chi connectivity index (χ4v) is 8.87. The lowest BCUT2D eigenvalue weighted by atomic mass is 9.94. The molecule has 58 heavy (non-hydrogen) atoms. The van der Waals surface area contributed by atoms with Gasteiger partial charge in [0.05, 0.1) is 17.1 Å². The highest BCUT2D eigenvalue weighted by Crippen LogP contribution is 2.48. The lowest BCUT2D eigenvalue weighted by Crippen LogP contribution is -2.13. The topological polar surface area (TPSA) is 16.4 Å². The molecule has 0 radical (unpaired) electrons. The van der Waals surface area contributed by atoms with E-state index in [4.69, 9.17) is 4.42 Å². The number of rotatable bonds is 7. The summed E-state index contributed by atoms with van der Waals surface area (Å²) in [5.74, 6) is 0. The first kappa shape index (κ1) is 33.6. The second-order valence-electron chi connectivity index (χ2n) is 14.8. The SMILES string of the molecule is c1ccc(-c2ccccc2N(c2ccccc2-c2ccccc2)c2ccccc2-c2cccc(-c3cccc4c3oc3c5ccccc5c5ccccc5c43)c2)cc1. The number of furan rings is 1. The van der Waals surface area contributed by atoms with Crippen molar-refractivity contribution in [2.45, 2.75) is 0 Å². The molecule has 272 valence electrons. The molecule has 0 saturated carbocycles. The Balaban J connectivity index is 1.13. The quantitative estimate of drug-likeness (QED) is 0.151. The normalized spacial score (nSPS) is 11.4. The number of hydrogen-bond acceptors (Lipinski definition) is 2. The minimum Gasteiger partial charge on any atom is -0.455 e. The largest absolute Gasteiger partial charge is 0.455 e. The van der Waals surface area contributed by atoms with Gasteiger partial charge in [-0.1, -0.05) is 200 Å². The van der Waals surface area contributed by atoms with Crippen molar-refractivity contribution in [1.29, 1.82) is 0 Å². The lowest BCUT2D eigenvalue weighted by Gasteiger charge is -2.31. The van der Waals surface area contributed by atoms with E-state index in [2.05, 4.69) is 229 Å². The van der Waals surface area contributed by atoms with Gasteiger partial charge in [0.1, 0.15) is 11.2 Å². The van der Waals surface area contributed by atoms with Crippen LogP contribution in [-0.4, -0.2) is 0 Å². The summed E-state index contributed by atoms with van der Waals surface area (Å²) in [4.78, 5) is 2.45. The highest BCUT2D eigenvalue weighted by atomic mass is 16.3. The van der Waals surface area contributed by atoms with Crippen LogP contribution < -0.4 is 4.90 Å². The highest BCUT2D eigenvalue weighted by Gasteiger charge is 2.24. The summed E-state index contributed by atoms with van der Waals surface area (Å²) < 4.78 is 6.98. The fraction of sp³-hybridized carbons (Fsp3) is 0. The zero-order chi connectivity index (χ0) is 38.4. The summed E-state index contributed by atoms with van der Waals surface area (Å²) >= 11 is 0. The van der Waals surface area contributed by atoms with E-state index in [1.165, 1.54) is 27.3 Å². The minimum absolute atomic E-state index is 0.902. The molecule has 0 aliphatic rings. The van der Waals surface area contributed by atoms with Crippen molar-refractivity contribution in [3.05, 3.63) is 224 Å². The Kier molecular flexibility index (Phi) is 8.19. The number of benzene rings is 10. The van der Waals surface area contributed by atoms with Gasteiger partial charge < -0.3 is 9.32 Å². The molecule has 0 spiro atoms. The number of fused-ring (bicyclic) bond motifs is 8. The van der Waals surface area contributed by atoms with Crippen LogP contribution in [-0.2, 0) is 0 Å². The van der Waals surface area contributed by atoms with Gasteiger partial charge in [0.25, 0.3) is 0 Å². The molecule has 11 rings (SSSR count). The van der Waals surface area contributed by atoms with Gasteiger partial charge in [-0.15, -0.1) is 0 Å². The molecule has 0 N–H and O–H groups in total. The molecule has 10 aromatic carbocycles. The van der Waals surface area contributed by atoms with Crippen molar-refractivity contribution < 1.29 is 4.42 Å². The summed E-state index contributed by atoms with van der Waals surface area (Å²) in [5, 5.41) is 7.08. The van der Waals surface area contributed by atoms with E-state index in [9.17, 15) is 0 Å². The van der Waals surface area contributed by atoms with Crippen LogP contribution >= 0.6 is 0 Å². The van der Waals surface area contributed by atoms with Gasteiger partial charge in [-0.2, -0.15) is 0 Å². The van der Waals surface area contributed by atoms with E-state index in [1.54, 1.807) is 0 Å². The van der Waals surface area contributed by atoms with Gasteiger partial charge in [-0.05, 0) is 62.7 Å². The summed E-state index contributed by atoms with van der Waals surface area (Å²) in [6.45, 7) is 0. The van der Waals surface area contributed by atoms with Crippen LogP contribution in [0.4, 0.5) is 17.1 Å². The Morgan fingerprint density at radius 3 is 1.22 bits per heavy atom. The van der Waals surface area contributed by atoms with E-state index in [0.29, 0.717) is 0 Å². The predicted molar refractivity (Wildman–Crippen MR) is 245 cm³/mol. The van der Waals surface area contributed by atoms with Crippen LogP contribution in [0.15, 0.2) is 229 Å². The molecule has 0 atom stereocenters. The molecule has 2 nitrogen and oxygen atoms in total. The Morgan fingerprint density at radius 2 is 0.638 bits per heavy atom. The molecule has 11 aromatic rings. The maximum absolute atomic E-state index is 6.98. The van der Waals surface area contributed by atoms with Crippen molar-refractivity contribution in [1.82, 2.24) is 0 Å². The van der Waals surface area contributed by atoms with Gasteiger partial charge in [0, 0.05) is 38.4 Å². The van der Waals surface area contributed by atoms with Crippen LogP contribution in [0.5, 0.6) is 0 Å². The maximum atomic E-state index is 6.98. The zero-order valence-electron chi connectivity index (χ0n) is 31.7. The van der Waals surface area contributed by atoms with E-state index >= 15 is 0 Å². The van der Waals surface area contributed by atoms with Gasteiger partial charge in [-0.25, -0.2) is 0 Å². The third-order valence-corrected chi connectivity index (χ3v) is 11.5. The highest BCUT2D eigenvalue weighted by molar-refractivity contribution is 6.31. The van der Waals surface area contributed by atoms with Crippen molar-refractivity contribution in [3.63, 3.8) is 0 Å². The average molecular weight is 740 g/mol. The molecule has 0 aliphatic heterocycles. The Morgan fingerprint density at radius 1 is 0.259 bits per heavy atom. The first-order chi connectivity index (χ1) is 28.8. The average Bonchev–Trinajstić information content (AvgIpc) is 3.71. The van der Waals surface area contributed by atoms with Gasteiger partial charge >= 0.3 is 0 Å². The van der Waals surface area contributed by atoms with E-state index in [0.717, 1.165) is 77.8 Å². The van der Waals surface area contributed by atoms with Crippen molar-refractivity contribution in [2.24, 2.45) is 0 Å². The smallest absolute Gasteiger partial charge is 0.143 e. The molecule has 1 heterocycles. The van der Waals surface area contributed by atoms with Gasteiger partial charge in [0.15, 0.2) is 0 Å². The van der Waals surface area contributed by atoms with Crippen molar-refractivity contribution in [2.75, 3.05) is 4.90 Å². The molecule has 0 saturated heterocycles. The minimum atomic E-state index is 0.902. The molecular formula is C56H37NO. The van der Waals surface area contributed by atoms with Crippen molar-refractivity contribution in [3.8, 4) is 44.5 Å². The van der Waals surface area contributed by atoms with E-state index in [1.807, 2.05) is 0 Å². The van der Waals surface area contributed by atoms with Crippen LogP contribution in [0, 0.1) is 0 Å². The van der Waals surface area contributed by atoms with Crippen LogP contribution in [0.1, 0.15) is 0 Å². The third kappa shape index (κ3) is 5.57. The Labute approximate surface area is 337 Å². The second-order valence-corrected chi connectivity index (χ2v) is 14.8. The second kappa shape index (κ2) is 14.1. The first-order valence-corrected chi connectivity index (χ1v) is 19.9. The first-order valence-electron chi connectivity index (χ1n) is 19.9. The molecule has 0 bridgehead atoms. The fourth-order valence-electron chi connectivity index (χ4n) is 8.87. The van der Waals surface area contributed by atoms with E-state index in [-0.39, 0.29) is 0 Å². The van der Waals surface area contributed by atoms with Crippen LogP contribution in [0.3, 0.4) is 0 Å². The number of anilines is 3. The maximum Gasteiger partial charge on any atom is 0.143 e. The summed E-state index contributed by atoms with van der Waals surface area (Å²) in [6, 6.07) is 80.4. The summed E-state index contributed by atoms with van der Waals surface area (Å²) in [7, 11) is 0. The predicted octanol–water partition coefficient (Wildman–Crippen LogP) is 16.0. The molecule has 0 fully saturated rings. The van der Waals surface area contributed by atoms with Crippen molar-refractivity contribution >= 4 is 60.5 Å². The summed E-state index contributed by atoms with van der Waals surface area (Å²) in [6.07, 6.45) is 0.